The van der Waals surface area contributed by atoms with Gasteiger partial charge in [-0.15, -0.1) is 0 Å². The summed E-state index contributed by atoms with van der Waals surface area (Å²) in [5, 5.41) is 15.4. The highest BCUT2D eigenvalue weighted by atomic mass is 35.5. The first-order valence-corrected chi connectivity index (χ1v) is 8.52. The Morgan fingerprint density at radius 1 is 1.30 bits per heavy atom. The molecule has 0 aliphatic heterocycles. The first-order chi connectivity index (χ1) is 13.0. The van der Waals surface area contributed by atoms with Crippen LogP contribution in [0.15, 0.2) is 48.7 Å². The van der Waals surface area contributed by atoms with Crippen molar-refractivity contribution in [1.29, 1.82) is 0 Å². The lowest BCUT2D eigenvalue weighted by molar-refractivity contribution is 0.130. The summed E-state index contributed by atoms with van der Waals surface area (Å²) in [6.07, 6.45) is 0.671. The van der Waals surface area contributed by atoms with Crippen LogP contribution in [0.2, 0.25) is 5.02 Å². The minimum Gasteiger partial charge on any atom is -0.487 e. The monoisotopic (exact) mass is 387 g/mol. The van der Waals surface area contributed by atoms with Gasteiger partial charge < -0.3 is 20.5 Å². The number of benzene rings is 2. The van der Waals surface area contributed by atoms with Crippen molar-refractivity contribution in [3.63, 3.8) is 0 Å². The van der Waals surface area contributed by atoms with E-state index in [4.69, 9.17) is 21.4 Å². The SMILES string of the molecule is CC(CO)Oc1cc(Nc2ncc(F)c(Nc3c[c]ccc3)n2)ccc1Cl. The first kappa shape index (κ1) is 18.9. The van der Waals surface area contributed by atoms with Crippen molar-refractivity contribution in [3.8, 4) is 5.75 Å². The molecule has 139 valence electrons. The Balaban J connectivity index is 1.79. The van der Waals surface area contributed by atoms with Crippen LogP contribution in [-0.2, 0) is 0 Å². The minimum absolute atomic E-state index is 0.0337. The molecule has 1 unspecified atom stereocenters. The molecule has 0 saturated carbocycles. The molecule has 1 aromatic heterocycles. The molecule has 6 nitrogen and oxygen atoms in total. The molecule has 3 aromatic rings. The Kier molecular flexibility index (Phi) is 6.05. The summed E-state index contributed by atoms with van der Waals surface area (Å²) in [7, 11) is 0. The van der Waals surface area contributed by atoms with Crippen LogP contribution in [-0.4, -0.2) is 27.8 Å². The second-order valence-electron chi connectivity index (χ2n) is 5.69. The summed E-state index contributed by atoms with van der Waals surface area (Å²) in [6, 6.07) is 14.9. The fourth-order valence-corrected chi connectivity index (χ4v) is 2.34. The van der Waals surface area contributed by atoms with Crippen LogP contribution in [0.3, 0.4) is 0 Å². The number of nitrogens with one attached hydrogen (secondary N) is 2. The Morgan fingerprint density at radius 2 is 2.15 bits per heavy atom. The van der Waals surface area contributed by atoms with Crippen LogP contribution in [0, 0.1) is 11.9 Å². The summed E-state index contributed by atoms with van der Waals surface area (Å²) < 4.78 is 19.6. The smallest absolute Gasteiger partial charge is 0.229 e. The van der Waals surface area contributed by atoms with Crippen LogP contribution in [0.4, 0.5) is 27.5 Å². The molecule has 0 spiro atoms. The standard InChI is InChI=1S/C19H17ClFN4O2/c1-12(11-26)27-17-9-14(7-8-15(17)20)24-19-22-10-16(21)18(25-19)23-13-5-3-2-4-6-13/h2-3,5-10,12,26H,11H2,1H3,(H2,22,23,24,25). The van der Waals surface area contributed by atoms with Crippen molar-refractivity contribution in [3.05, 3.63) is 65.6 Å². The van der Waals surface area contributed by atoms with E-state index in [1.807, 2.05) is 0 Å². The zero-order valence-corrected chi connectivity index (χ0v) is 15.2. The number of aromatic nitrogens is 2. The fraction of sp³-hybridized carbons (Fsp3) is 0.158. The zero-order chi connectivity index (χ0) is 19.2. The average Bonchev–Trinajstić information content (AvgIpc) is 2.68. The molecule has 3 rings (SSSR count). The highest BCUT2D eigenvalue weighted by Crippen LogP contribution is 2.30. The van der Waals surface area contributed by atoms with Crippen LogP contribution in [0.25, 0.3) is 0 Å². The normalized spacial score (nSPS) is 11.7. The van der Waals surface area contributed by atoms with E-state index < -0.39 is 11.9 Å². The topological polar surface area (TPSA) is 79.3 Å². The van der Waals surface area contributed by atoms with Gasteiger partial charge in [0, 0.05) is 17.4 Å². The van der Waals surface area contributed by atoms with Gasteiger partial charge in [0.1, 0.15) is 11.9 Å². The van der Waals surface area contributed by atoms with Crippen molar-refractivity contribution in [2.45, 2.75) is 13.0 Å². The second-order valence-corrected chi connectivity index (χ2v) is 6.10. The van der Waals surface area contributed by atoms with Gasteiger partial charge in [-0.2, -0.15) is 4.98 Å². The van der Waals surface area contributed by atoms with Gasteiger partial charge in [0.15, 0.2) is 11.6 Å². The van der Waals surface area contributed by atoms with Crippen molar-refractivity contribution in [2.75, 3.05) is 17.2 Å². The third-order valence-corrected chi connectivity index (χ3v) is 3.80. The number of nitrogens with zero attached hydrogens (tertiary/aromatic N) is 2. The molecule has 0 aliphatic carbocycles. The van der Waals surface area contributed by atoms with Gasteiger partial charge in [-0.25, -0.2) is 9.37 Å². The molecule has 27 heavy (non-hydrogen) atoms. The summed E-state index contributed by atoms with van der Waals surface area (Å²) in [4.78, 5) is 8.10. The lowest BCUT2D eigenvalue weighted by atomic mass is 10.3. The van der Waals surface area contributed by atoms with Gasteiger partial charge in [0.2, 0.25) is 5.95 Å². The highest BCUT2D eigenvalue weighted by molar-refractivity contribution is 6.32. The summed E-state index contributed by atoms with van der Waals surface area (Å²) in [5.41, 5.74) is 1.26. The molecule has 0 aliphatic rings. The zero-order valence-electron chi connectivity index (χ0n) is 14.4. The van der Waals surface area contributed by atoms with Gasteiger partial charge in [0.25, 0.3) is 0 Å². The average molecular weight is 388 g/mol. The Labute approximate surface area is 161 Å². The molecule has 0 amide bonds. The van der Waals surface area contributed by atoms with E-state index in [1.54, 1.807) is 49.4 Å². The van der Waals surface area contributed by atoms with Crippen molar-refractivity contribution < 1.29 is 14.2 Å². The second kappa shape index (κ2) is 8.66. The van der Waals surface area contributed by atoms with Crippen molar-refractivity contribution in [1.82, 2.24) is 9.97 Å². The predicted octanol–water partition coefficient (Wildman–Crippen LogP) is 4.32. The molecule has 8 heteroatoms. The number of hydrogen-bond acceptors (Lipinski definition) is 6. The number of ether oxygens (including phenoxy) is 1. The van der Waals surface area contributed by atoms with Gasteiger partial charge in [-0.05, 0) is 37.3 Å². The van der Waals surface area contributed by atoms with Crippen LogP contribution < -0.4 is 15.4 Å². The maximum absolute atomic E-state index is 14.0. The number of anilines is 4. The molecule has 0 fully saturated rings. The molecule has 1 heterocycles. The van der Waals surface area contributed by atoms with E-state index in [1.165, 1.54) is 0 Å². The lowest BCUT2D eigenvalue weighted by Gasteiger charge is -2.15. The van der Waals surface area contributed by atoms with E-state index >= 15 is 0 Å². The first-order valence-electron chi connectivity index (χ1n) is 8.15. The number of aliphatic hydroxyl groups excluding tert-OH is 1. The minimum atomic E-state index is -0.582. The molecular formula is C19H17ClFN4O2. The van der Waals surface area contributed by atoms with E-state index in [0.717, 1.165) is 6.20 Å². The van der Waals surface area contributed by atoms with Crippen LogP contribution in [0.5, 0.6) is 5.75 Å². The molecule has 1 atom stereocenters. The summed E-state index contributed by atoms with van der Waals surface area (Å²) >= 11 is 6.11. The molecule has 1 radical (unpaired) electrons. The summed E-state index contributed by atoms with van der Waals surface area (Å²) in [5.74, 6) is 0.0542. The molecule has 0 saturated heterocycles. The predicted molar refractivity (Wildman–Crippen MR) is 102 cm³/mol. The Morgan fingerprint density at radius 3 is 2.89 bits per heavy atom. The lowest BCUT2D eigenvalue weighted by Crippen LogP contribution is -2.16. The van der Waals surface area contributed by atoms with Gasteiger partial charge in [-0.1, -0.05) is 23.7 Å². The van der Waals surface area contributed by atoms with E-state index in [-0.39, 0.29) is 18.4 Å². The van der Waals surface area contributed by atoms with Gasteiger partial charge in [0.05, 0.1) is 17.8 Å². The number of halogens is 2. The summed E-state index contributed by atoms with van der Waals surface area (Å²) in [6.45, 7) is 1.58. The van der Waals surface area contributed by atoms with Gasteiger partial charge in [-0.3, -0.25) is 0 Å². The van der Waals surface area contributed by atoms with E-state index in [9.17, 15) is 4.39 Å². The Bertz CT molecular complexity index is 911. The molecular weight excluding hydrogens is 371 g/mol. The number of rotatable bonds is 7. The third kappa shape index (κ3) is 5.06. The maximum Gasteiger partial charge on any atom is 0.229 e. The Hall–Kier alpha value is -2.90. The molecule has 3 N–H and O–H groups in total. The van der Waals surface area contributed by atoms with Crippen molar-refractivity contribution >= 4 is 34.7 Å². The molecule has 0 bridgehead atoms. The van der Waals surface area contributed by atoms with E-state index in [0.29, 0.717) is 22.1 Å². The molecule has 2 aromatic carbocycles. The van der Waals surface area contributed by atoms with Crippen LogP contribution >= 0.6 is 11.6 Å². The van der Waals surface area contributed by atoms with Gasteiger partial charge >= 0.3 is 0 Å². The highest BCUT2D eigenvalue weighted by Gasteiger charge is 2.11. The number of hydrogen-bond donors (Lipinski definition) is 3. The fourth-order valence-electron chi connectivity index (χ4n) is 2.18. The van der Waals surface area contributed by atoms with E-state index in [2.05, 4.69) is 26.7 Å². The largest absolute Gasteiger partial charge is 0.487 e. The quantitative estimate of drug-likeness (QED) is 0.560. The van der Waals surface area contributed by atoms with Crippen LogP contribution in [0.1, 0.15) is 6.92 Å². The maximum atomic E-state index is 14.0. The third-order valence-electron chi connectivity index (χ3n) is 3.49. The number of aliphatic hydroxyl groups is 1. The van der Waals surface area contributed by atoms with Crippen molar-refractivity contribution in [2.24, 2.45) is 0 Å².